The van der Waals surface area contributed by atoms with Gasteiger partial charge < -0.3 is 4.90 Å². The molecule has 1 heterocycles. The third kappa shape index (κ3) is 1.99. The lowest BCUT2D eigenvalue weighted by Crippen LogP contribution is -2.57. The van der Waals surface area contributed by atoms with Crippen LogP contribution in [0.3, 0.4) is 0 Å². The van der Waals surface area contributed by atoms with Crippen molar-refractivity contribution in [2.75, 3.05) is 4.90 Å². The van der Waals surface area contributed by atoms with Gasteiger partial charge in [0.1, 0.15) is 5.54 Å². The van der Waals surface area contributed by atoms with Gasteiger partial charge in [-0.3, -0.25) is 0 Å². The smallest absolute Gasteiger partial charge is 0.135 e. The molecule has 2 nitrogen and oxygen atoms in total. The highest BCUT2D eigenvalue weighted by Crippen LogP contribution is 2.51. The first-order valence-electron chi connectivity index (χ1n) is 8.82. The molecule has 0 radical (unpaired) electrons. The van der Waals surface area contributed by atoms with Crippen molar-refractivity contribution in [1.29, 1.82) is 5.26 Å². The van der Waals surface area contributed by atoms with Crippen molar-refractivity contribution >= 4 is 5.69 Å². The van der Waals surface area contributed by atoms with E-state index in [2.05, 4.69) is 41.3 Å². The van der Waals surface area contributed by atoms with Gasteiger partial charge in [0.05, 0.1) is 6.07 Å². The Kier molecular flexibility index (Phi) is 3.45. The molecule has 3 aliphatic rings. The molecule has 2 heteroatoms. The standard InChI is InChI=1S/C20H24N2/c21-15-20-13-7-6-9-17(20)14-16-8-4-5-12-19(16)22(20)18-10-2-1-3-11-18/h1-3,10-11,17H,4-9,12-14H2/t17-,20-/m1/s1. The number of hydrogen-bond donors (Lipinski definition) is 0. The van der Waals surface area contributed by atoms with Crippen LogP contribution in [-0.2, 0) is 0 Å². The average molecular weight is 292 g/mol. The van der Waals surface area contributed by atoms with Crippen molar-refractivity contribution in [1.82, 2.24) is 0 Å². The third-order valence-electron chi connectivity index (χ3n) is 5.96. The maximum absolute atomic E-state index is 10.2. The Morgan fingerprint density at radius 1 is 1.05 bits per heavy atom. The number of nitrogens with zero attached hydrogens (tertiary/aromatic N) is 2. The van der Waals surface area contributed by atoms with E-state index >= 15 is 0 Å². The van der Waals surface area contributed by atoms with E-state index in [1.807, 2.05) is 0 Å². The zero-order valence-electron chi connectivity index (χ0n) is 13.2. The Balaban J connectivity index is 1.89. The van der Waals surface area contributed by atoms with Crippen molar-refractivity contribution in [2.45, 2.75) is 63.3 Å². The molecule has 1 saturated carbocycles. The van der Waals surface area contributed by atoms with Crippen molar-refractivity contribution < 1.29 is 0 Å². The van der Waals surface area contributed by atoms with Crippen LogP contribution >= 0.6 is 0 Å². The zero-order chi connectivity index (χ0) is 15.0. The van der Waals surface area contributed by atoms with Crippen LogP contribution in [-0.4, -0.2) is 5.54 Å². The summed E-state index contributed by atoms with van der Waals surface area (Å²) in [5, 5.41) is 10.2. The van der Waals surface area contributed by atoms with Crippen LogP contribution in [0.25, 0.3) is 0 Å². The Morgan fingerprint density at radius 3 is 2.68 bits per heavy atom. The zero-order valence-corrected chi connectivity index (χ0v) is 13.2. The molecule has 0 saturated heterocycles. The quantitative estimate of drug-likeness (QED) is 0.713. The topological polar surface area (TPSA) is 27.0 Å². The van der Waals surface area contributed by atoms with Crippen LogP contribution in [0.1, 0.15) is 57.8 Å². The number of hydrogen-bond acceptors (Lipinski definition) is 2. The van der Waals surface area contributed by atoms with E-state index in [4.69, 9.17) is 0 Å². The summed E-state index contributed by atoms with van der Waals surface area (Å²) < 4.78 is 0. The summed E-state index contributed by atoms with van der Waals surface area (Å²) in [7, 11) is 0. The maximum atomic E-state index is 10.2. The van der Waals surface area contributed by atoms with Crippen LogP contribution in [0.5, 0.6) is 0 Å². The maximum Gasteiger partial charge on any atom is 0.135 e. The molecule has 0 amide bonds. The van der Waals surface area contributed by atoms with Gasteiger partial charge in [0.15, 0.2) is 0 Å². The van der Waals surface area contributed by atoms with Crippen LogP contribution in [0.2, 0.25) is 0 Å². The van der Waals surface area contributed by atoms with E-state index in [1.165, 1.54) is 56.3 Å². The highest BCUT2D eigenvalue weighted by molar-refractivity contribution is 5.60. The molecule has 2 aliphatic carbocycles. The highest BCUT2D eigenvalue weighted by atomic mass is 15.2. The molecule has 1 aliphatic heterocycles. The summed E-state index contributed by atoms with van der Waals surface area (Å²) in [6.07, 6.45) is 10.9. The highest BCUT2D eigenvalue weighted by Gasteiger charge is 2.50. The van der Waals surface area contributed by atoms with Gasteiger partial charge in [-0.1, -0.05) is 30.2 Å². The van der Waals surface area contributed by atoms with Gasteiger partial charge >= 0.3 is 0 Å². The van der Waals surface area contributed by atoms with Crippen molar-refractivity contribution in [3.05, 3.63) is 41.6 Å². The summed E-state index contributed by atoms with van der Waals surface area (Å²) in [5.74, 6) is 0.517. The predicted molar refractivity (Wildman–Crippen MR) is 89.3 cm³/mol. The lowest BCUT2D eigenvalue weighted by atomic mass is 9.65. The second kappa shape index (κ2) is 5.47. The molecule has 1 aromatic carbocycles. The number of para-hydroxylation sites is 1. The largest absolute Gasteiger partial charge is 0.326 e. The molecule has 22 heavy (non-hydrogen) atoms. The Morgan fingerprint density at radius 2 is 1.86 bits per heavy atom. The van der Waals surface area contributed by atoms with E-state index in [1.54, 1.807) is 5.57 Å². The number of allylic oxidation sites excluding steroid dienone is 2. The predicted octanol–water partition coefficient (Wildman–Crippen LogP) is 5.18. The molecule has 0 aromatic heterocycles. The minimum atomic E-state index is -0.296. The van der Waals surface area contributed by atoms with Crippen LogP contribution in [0.15, 0.2) is 41.6 Å². The van der Waals surface area contributed by atoms with E-state index in [9.17, 15) is 5.26 Å². The van der Waals surface area contributed by atoms with Crippen molar-refractivity contribution in [3.63, 3.8) is 0 Å². The monoisotopic (exact) mass is 292 g/mol. The Bertz CT molecular complexity index is 625. The van der Waals surface area contributed by atoms with Gasteiger partial charge in [0.25, 0.3) is 0 Å². The van der Waals surface area contributed by atoms with E-state index in [-0.39, 0.29) is 5.54 Å². The molecule has 0 N–H and O–H groups in total. The SMILES string of the molecule is N#C[C@]12CCCC[C@@H]1CC1=C(CCCC1)N2c1ccccc1. The molecule has 1 aromatic rings. The van der Waals surface area contributed by atoms with Gasteiger partial charge in [-0.15, -0.1) is 0 Å². The number of nitriles is 1. The number of anilines is 1. The molecular formula is C20H24N2. The summed E-state index contributed by atoms with van der Waals surface area (Å²) in [4.78, 5) is 2.47. The van der Waals surface area contributed by atoms with Gasteiger partial charge in [-0.25, -0.2) is 0 Å². The molecule has 0 unspecified atom stereocenters. The average Bonchev–Trinajstić information content (AvgIpc) is 2.60. The fourth-order valence-electron chi connectivity index (χ4n) is 4.93. The van der Waals surface area contributed by atoms with Crippen LogP contribution in [0, 0.1) is 17.2 Å². The summed E-state index contributed by atoms with van der Waals surface area (Å²) >= 11 is 0. The first-order valence-corrected chi connectivity index (χ1v) is 8.82. The third-order valence-corrected chi connectivity index (χ3v) is 5.96. The fraction of sp³-hybridized carbons (Fsp3) is 0.550. The normalized spacial score (nSPS) is 31.2. The molecule has 0 spiro atoms. The first kappa shape index (κ1) is 13.9. The first-order chi connectivity index (χ1) is 10.8. The Labute approximate surface area is 133 Å². The number of fused-ring (bicyclic) bond motifs is 1. The van der Waals surface area contributed by atoms with E-state index < -0.39 is 0 Å². The number of rotatable bonds is 1. The second-order valence-corrected chi connectivity index (χ2v) is 7.11. The van der Waals surface area contributed by atoms with Gasteiger partial charge in [0, 0.05) is 11.4 Å². The lowest BCUT2D eigenvalue weighted by Gasteiger charge is -2.53. The van der Waals surface area contributed by atoms with Crippen LogP contribution in [0.4, 0.5) is 5.69 Å². The van der Waals surface area contributed by atoms with E-state index in [0.717, 1.165) is 12.8 Å². The van der Waals surface area contributed by atoms with Gasteiger partial charge in [-0.2, -0.15) is 5.26 Å². The molecule has 1 fully saturated rings. The fourth-order valence-corrected chi connectivity index (χ4v) is 4.93. The molecular weight excluding hydrogens is 268 g/mol. The number of benzene rings is 1. The molecule has 4 rings (SSSR count). The molecule has 2 atom stereocenters. The van der Waals surface area contributed by atoms with Crippen LogP contribution < -0.4 is 4.90 Å². The van der Waals surface area contributed by atoms with E-state index in [0.29, 0.717) is 5.92 Å². The molecule has 114 valence electrons. The summed E-state index contributed by atoms with van der Waals surface area (Å²) in [6.45, 7) is 0. The lowest BCUT2D eigenvalue weighted by molar-refractivity contribution is 0.216. The second-order valence-electron chi connectivity index (χ2n) is 7.11. The van der Waals surface area contributed by atoms with Crippen molar-refractivity contribution in [3.8, 4) is 6.07 Å². The minimum Gasteiger partial charge on any atom is -0.326 e. The Hall–Kier alpha value is -1.75. The minimum absolute atomic E-state index is 0.296. The van der Waals surface area contributed by atoms with Gasteiger partial charge in [-0.05, 0) is 69.4 Å². The van der Waals surface area contributed by atoms with Crippen molar-refractivity contribution in [2.24, 2.45) is 5.92 Å². The molecule has 0 bridgehead atoms. The summed E-state index contributed by atoms with van der Waals surface area (Å²) in [6, 6.07) is 13.5. The summed E-state index contributed by atoms with van der Waals surface area (Å²) in [5.41, 5.74) is 4.06. The van der Waals surface area contributed by atoms with Gasteiger partial charge in [0.2, 0.25) is 0 Å².